The van der Waals surface area contributed by atoms with E-state index < -0.39 is 23.5 Å². The minimum Gasteiger partial charge on any atom is -0.503 e. The van der Waals surface area contributed by atoms with Crippen LogP contribution in [-0.2, 0) is 4.79 Å². The van der Waals surface area contributed by atoms with Crippen molar-refractivity contribution in [2.24, 2.45) is 0 Å². The van der Waals surface area contributed by atoms with E-state index in [1.54, 1.807) is 48.5 Å². The standard InChI is InChI=1S/C25H15BrClNO4/c26-16-6-9-18(10-7-16)28-22(14-4-2-1-3-5-14)21(24(30)25(28)31)23(29)20-13-15-12-17(27)8-11-19(15)32-20/h1-13,22,30H. The summed E-state index contributed by atoms with van der Waals surface area (Å²) in [7, 11) is 0. The molecular formula is C25H15BrClNO4. The lowest BCUT2D eigenvalue weighted by atomic mass is 9.95. The van der Waals surface area contributed by atoms with Crippen LogP contribution in [0.5, 0.6) is 0 Å². The smallest absolute Gasteiger partial charge is 0.294 e. The molecule has 1 amide bonds. The predicted molar refractivity (Wildman–Crippen MR) is 126 cm³/mol. The van der Waals surface area contributed by atoms with Crippen molar-refractivity contribution >= 4 is 55.9 Å². The molecule has 0 radical (unpaired) electrons. The summed E-state index contributed by atoms with van der Waals surface area (Å²) in [6.45, 7) is 0. The first-order chi connectivity index (χ1) is 15.4. The fraction of sp³-hybridized carbons (Fsp3) is 0.0400. The Morgan fingerprint density at radius 3 is 2.44 bits per heavy atom. The van der Waals surface area contributed by atoms with Gasteiger partial charge >= 0.3 is 0 Å². The van der Waals surface area contributed by atoms with Gasteiger partial charge in [-0.3, -0.25) is 14.5 Å². The highest BCUT2D eigenvalue weighted by atomic mass is 79.9. The highest BCUT2D eigenvalue weighted by Crippen LogP contribution is 2.42. The van der Waals surface area contributed by atoms with Crippen molar-refractivity contribution < 1.29 is 19.1 Å². The highest BCUT2D eigenvalue weighted by molar-refractivity contribution is 9.10. The van der Waals surface area contributed by atoms with Gasteiger partial charge in [-0.15, -0.1) is 0 Å². The van der Waals surface area contributed by atoms with Crippen LogP contribution in [0.25, 0.3) is 11.0 Å². The SMILES string of the molecule is O=C(C1=C(O)C(=O)N(c2ccc(Br)cc2)C1c1ccccc1)c1cc2cc(Cl)ccc2o1. The summed E-state index contributed by atoms with van der Waals surface area (Å²) in [6.07, 6.45) is 0. The lowest BCUT2D eigenvalue weighted by Crippen LogP contribution is -2.31. The quantitative estimate of drug-likeness (QED) is 0.314. The highest BCUT2D eigenvalue weighted by Gasteiger charge is 2.45. The van der Waals surface area contributed by atoms with Gasteiger partial charge in [0.25, 0.3) is 5.91 Å². The zero-order chi connectivity index (χ0) is 22.4. The molecule has 1 aliphatic heterocycles. The van der Waals surface area contributed by atoms with Crippen molar-refractivity contribution in [1.82, 2.24) is 0 Å². The van der Waals surface area contributed by atoms with E-state index in [-0.39, 0.29) is 11.3 Å². The number of fused-ring (bicyclic) bond motifs is 1. The van der Waals surface area contributed by atoms with Gasteiger partial charge in [-0.25, -0.2) is 0 Å². The number of hydrogen-bond donors (Lipinski definition) is 1. The number of aliphatic hydroxyl groups excluding tert-OH is 1. The number of amides is 1. The minimum absolute atomic E-state index is 0.0233. The zero-order valence-corrected chi connectivity index (χ0v) is 18.8. The second kappa shape index (κ2) is 7.97. The molecule has 1 N–H and O–H groups in total. The molecule has 1 aliphatic rings. The van der Waals surface area contributed by atoms with Crippen LogP contribution in [0.4, 0.5) is 5.69 Å². The van der Waals surface area contributed by atoms with E-state index in [4.69, 9.17) is 16.0 Å². The van der Waals surface area contributed by atoms with E-state index in [0.29, 0.717) is 27.2 Å². The van der Waals surface area contributed by atoms with Gasteiger partial charge in [0.15, 0.2) is 11.5 Å². The maximum Gasteiger partial charge on any atom is 0.294 e. The molecule has 1 atom stereocenters. The lowest BCUT2D eigenvalue weighted by Gasteiger charge is -2.26. The van der Waals surface area contributed by atoms with Crippen molar-refractivity contribution in [2.75, 3.05) is 4.90 Å². The maximum atomic E-state index is 13.5. The third-order valence-electron chi connectivity index (χ3n) is 5.38. The first kappa shape index (κ1) is 20.5. The summed E-state index contributed by atoms with van der Waals surface area (Å²) in [5, 5.41) is 12.0. The number of carbonyl (C=O) groups is 2. The van der Waals surface area contributed by atoms with E-state index in [9.17, 15) is 14.7 Å². The van der Waals surface area contributed by atoms with Gasteiger partial charge in [-0.1, -0.05) is 57.9 Å². The molecule has 5 nitrogen and oxygen atoms in total. The van der Waals surface area contributed by atoms with E-state index in [2.05, 4.69) is 15.9 Å². The molecule has 3 aromatic carbocycles. The Labute approximate surface area is 196 Å². The average Bonchev–Trinajstić information content (AvgIpc) is 3.33. The number of Topliss-reactive ketones (excluding diaryl/α,β-unsaturated/α-hetero) is 1. The number of carbonyl (C=O) groups excluding carboxylic acids is 2. The second-order valence-corrected chi connectivity index (χ2v) is 8.70. The molecule has 7 heteroatoms. The number of anilines is 1. The molecule has 0 fully saturated rings. The molecule has 2 heterocycles. The van der Waals surface area contributed by atoms with Crippen LogP contribution >= 0.6 is 27.5 Å². The number of benzene rings is 3. The average molecular weight is 509 g/mol. The number of nitrogens with zero attached hydrogens (tertiary/aromatic N) is 1. The Hall–Kier alpha value is -3.35. The van der Waals surface area contributed by atoms with Gasteiger partial charge in [0, 0.05) is 20.6 Å². The molecule has 32 heavy (non-hydrogen) atoms. The first-order valence-corrected chi connectivity index (χ1v) is 10.9. The monoisotopic (exact) mass is 507 g/mol. The first-order valence-electron chi connectivity index (χ1n) is 9.75. The molecule has 0 saturated carbocycles. The van der Waals surface area contributed by atoms with Crippen LogP contribution in [0, 0.1) is 0 Å². The van der Waals surface area contributed by atoms with Crippen LogP contribution in [0.1, 0.15) is 22.2 Å². The van der Waals surface area contributed by atoms with Crippen LogP contribution in [0.15, 0.2) is 99.1 Å². The third-order valence-corrected chi connectivity index (χ3v) is 6.14. The minimum atomic E-state index is -0.811. The van der Waals surface area contributed by atoms with Gasteiger partial charge in [0.2, 0.25) is 5.78 Å². The Kier molecular flexibility index (Phi) is 5.12. The molecule has 0 aliphatic carbocycles. The Morgan fingerprint density at radius 2 is 1.72 bits per heavy atom. The predicted octanol–water partition coefficient (Wildman–Crippen LogP) is 6.63. The summed E-state index contributed by atoms with van der Waals surface area (Å²) in [6, 6.07) is 22.0. The van der Waals surface area contributed by atoms with Crippen molar-refractivity contribution in [3.63, 3.8) is 0 Å². The number of furan rings is 1. The largest absolute Gasteiger partial charge is 0.503 e. The van der Waals surface area contributed by atoms with Crippen molar-refractivity contribution in [3.05, 3.63) is 111 Å². The summed E-state index contributed by atoms with van der Waals surface area (Å²) in [4.78, 5) is 28.1. The Balaban J connectivity index is 1.65. The number of halogens is 2. The van der Waals surface area contributed by atoms with Gasteiger partial charge in [0.05, 0.1) is 11.6 Å². The fourth-order valence-corrected chi connectivity index (χ4v) is 4.36. The summed E-state index contributed by atoms with van der Waals surface area (Å²) < 4.78 is 6.58. The van der Waals surface area contributed by atoms with Crippen molar-refractivity contribution in [1.29, 1.82) is 0 Å². The molecule has 158 valence electrons. The Bertz CT molecular complexity index is 1390. The van der Waals surface area contributed by atoms with E-state index in [1.807, 2.05) is 30.3 Å². The number of ketones is 1. The molecule has 0 bridgehead atoms. The van der Waals surface area contributed by atoms with Gasteiger partial charge in [-0.2, -0.15) is 0 Å². The summed E-state index contributed by atoms with van der Waals surface area (Å²) >= 11 is 9.44. The van der Waals surface area contributed by atoms with Crippen molar-refractivity contribution in [2.45, 2.75) is 6.04 Å². The van der Waals surface area contributed by atoms with Crippen molar-refractivity contribution in [3.8, 4) is 0 Å². The second-order valence-electron chi connectivity index (χ2n) is 7.35. The summed E-state index contributed by atoms with van der Waals surface area (Å²) in [5.41, 5.74) is 1.70. The maximum absolute atomic E-state index is 13.5. The van der Waals surface area contributed by atoms with Crippen LogP contribution in [0.3, 0.4) is 0 Å². The number of rotatable bonds is 4. The summed E-state index contributed by atoms with van der Waals surface area (Å²) in [5.74, 6) is -1.78. The van der Waals surface area contributed by atoms with E-state index in [1.165, 1.54) is 4.90 Å². The molecular weight excluding hydrogens is 494 g/mol. The van der Waals surface area contributed by atoms with Gasteiger partial charge in [0.1, 0.15) is 5.58 Å². The molecule has 1 aromatic heterocycles. The molecule has 5 rings (SSSR count). The lowest BCUT2D eigenvalue weighted by molar-refractivity contribution is -0.117. The number of hydrogen-bond acceptors (Lipinski definition) is 4. The molecule has 0 saturated heterocycles. The topological polar surface area (TPSA) is 70.8 Å². The van der Waals surface area contributed by atoms with E-state index in [0.717, 1.165) is 4.47 Å². The van der Waals surface area contributed by atoms with Crippen LogP contribution in [0.2, 0.25) is 5.02 Å². The molecule has 4 aromatic rings. The third kappa shape index (κ3) is 3.42. The van der Waals surface area contributed by atoms with Crippen LogP contribution < -0.4 is 4.90 Å². The van der Waals surface area contributed by atoms with E-state index >= 15 is 0 Å². The fourth-order valence-electron chi connectivity index (χ4n) is 3.91. The Morgan fingerprint density at radius 1 is 1.00 bits per heavy atom. The van der Waals surface area contributed by atoms with Gasteiger partial charge in [-0.05, 0) is 54.1 Å². The van der Waals surface area contributed by atoms with Crippen LogP contribution in [-0.4, -0.2) is 16.8 Å². The van der Waals surface area contributed by atoms with Gasteiger partial charge < -0.3 is 9.52 Å². The molecule has 1 unspecified atom stereocenters. The zero-order valence-electron chi connectivity index (χ0n) is 16.5. The number of aliphatic hydroxyl groups is 1. The molecule has 0 spiro atoms. The normalized spacial score (nSPS) is 16.2.